The fourth-order valence-electron chi connectivity index (χ4n) is 5.81. The van der Waals surface area contributed by atoms with Gasteiger partial charge in [-0.15, -0.1) is 0 Å². The van der Waals surface area contributed by atoms with Crippen molar-refractivity contribution in [3.63, 3.8) is 0 Å². The topological polar surface area (TPSA) is 94.2 Å². The highest BCUT2D eigenvalue weighted by atomic mass is 16.6. The second-order valence-corrected chi connectivity index (χ2v) is 10.7. The van der Waals surface area contributed by atoms with Crippen LogP contribution in [0.5, 0.6) is 0 Å². The number of amides is 1. The largest absolute Gasteiger partial charge is 0.457 e. The molecule has 38 heavy (non-hydrogen) atoms. The van der Waals surface area contributed by atoms with E-state index < -0.39 is 34.2 Å². The normalized spacial score (nSPS) is 21.4. The molecule has 1 aliphatic heterocycles. The number of para-hydroxylation sites is 1. The second kappa shape index (κ2) is 9.01. The quantitative estimate of drug-likeness (QED) is 0.436. The van der Waals surface area contributed by atoms with Gasteiger partial charge in [0.05, 0.1) is 18.7 Å². The highest BCUT2D eigenvalue weighted by Crippen LogP contribution is 2.65. The standard InChI is InChI=1S/C32H27N3O3/c1-30(2,3)38-28(36)24-18-31(20-33,21-34)32(27(24)23-14-8-5-9-15-23)25-16-10-11-17-26(25)35(29(32)37)19-22-12-6-4-7-13-22/h4-18,27H,19H2,1-3H3/t27-,32+/m1/s1. The van der Waals surface area contributed by atoms with E-state index in [1.165, 1.54) is 6.08 Å². The number of fused-ring (bicyclic) bond motifs is 2. The lowest BCUT2D eigenvalue weighted by Gasteiger charge is -2.38. The summed E-state index contributed by atoms with van der Waals surface area (Å²) in [4.78, 5) is 30.1. The minimum atomic E-state index is -1.95. The summed E-state index contributed by atoms with van der Waals surface area (Å²) in [5.74, 6) is -1.95. The monoisotopic (exact) mass is 501 g/mol. The molecular weight excluding hydrogens is 474 g/mol. The molecule has 188 valence electrons. The van der Waals surface area contributed by atoms with Gasteiger partial charge in [-0.2, -0.15) is 10.5 Å². The minimum Gasteiger partial charge on any atom is -0.457 e. The zero-order chi connectivity index (χ0) is 27.1. The molecule has 6 heteroatoms. The van der Waals surface area contributed by atoms with Gasteiger partial charge in [0.15, 0.2) is 5.41 Å². The smallest absolute Gasteiger partial charge is 0.334 e. The number of carbonyl (C=O) groups excluding carboxylic acids is 2. The predicted molar refractivity (Wildman–Crippen MR) is 143 cm³/mol. The third kappa shape index (κ3) is 3.61. The predicted octanol–water partition coefficient (Wildman–Crippen LogP) is 5.57. The van der Waals surface area contributed by atoms with Gasteiger partial charge < -0.3 is 9.64 Å². The molecule has 0 bridgehead atoms. The van der Waals surface area contributed by atoms with Gasteiger partial charge in [0.2, 0.25) is 5.91 Å². The van der Waals surface area contributed by atoms with Crippen LogP contribution >= 0.6 is 0 Å². The fourth-order valence-corrected chi connectivity index (χ4v) is 5.81. The van der Waals surface area contributed by atoms with Gasteiger partial charge in [-0.3, -0.25) is 4.79 Å². The Hall–Kier alpha value is -4.68. The maximum absolute atomic E-state index is 14.8. The van der Waals surface area contributed by atoms with E-state index in [1.54, 1.807) is 37.8 Å². The molecule has 0 fully saturated rings. The lowest BCUT2D eigenvalue weighted by atomic mass is 9.57. The highest BCUT2D eigenvalue weighted by molar-refractivity contribution is 6.13. The summed E-state index contributed by atoms with van der Waals surface area (Å²) in [6.45, 7) is 5.53. The van der Waals surface area contributed by atoms with Crippen molar-refractivity contribution in [1.29, 1.82) is 10.5 Å². The lowest BCUT2D eigenvalue weighted by molar-refractivity contribution is -0.150. The van der Waals surface area contributed by atoms with Crippen molar-refractivity contribution in [2.75, 3.05) is 4.90 Å². The Balaban J connectivity index is 1.80. The first-order valence-corrected chi connectivity index (χ1v) is 12.5. The molecule has 0 N–H and O–H groups in total. The van der Waals surface area contributed by atoms with Crippen LogP contribution < -0.4 is 4.90 Å². The molecule has 0 aromatic heterocycles. The first-order valence-electron chi connectivity index (χ1n) is 12.5. The zero-order valence-electron chi connectivity index (χ0n) is 21.5. The number of esters is 1. The van der Waals surface area contributed by atoms with E-state index in [0.29, 0.717) is 16.8 Å². The SMILES string of the molecule is CC(C)(C)OC(=O)C1=CC(C#N)(C#N)[C@]2(C(=O)N(Cc3ccccc3)c3ccccc32)[C@@H]1c1ccccc1. The van der Waals surface area contributed by atoms with Crippen LogP contribution in [0.4, 0.5) is 5.69 Å². The molecule has 0 saturated carbocycles. The number of hydrogen-bond acceptors (Lipinski definition) is 5. The molecule has 2 atom stereocenters. The number of allylic oxidation sites excluding steroid dienone is 1. The van der Waals surface area contributed by atoms with Crippen LogP contribution in [-0.4, -0.2) is 17.5 Å². The van der Waals surface area contributed by atoms with E-state index in [1.807, 2.05) is 72.8 Å². The fraction of sp³-hybridized carbons (Fsp3) is 0.250. The molecule has 2 aliphatic rings. The number of benzene rings is 3. The van der Waals surface area contributed by atoms with Crippen molar-refractivity contribution in [2.45, 2.75) is 44.2 Å². The molecular formula is C32H27N3O3. The molecule has 1 heterocycles. The Morgan fingerprint density at radius 3 is 2.11 bits per heavy atom. The number of rotatable bonds is 4. The number of nitriles is 2. The Bertz CT molecular complexity index is 1510. The van der Waals surface area contributed by atoms with E-state index in [4.69, 9.17) is 4.74 Å². The van der Waals surface area contributed by atoms with Crippen molar-refractivity contribution < 1.29 is 14.3 Å². The van der Waals surface area contributed by atoms with Gasteiger partial charge in [-0.05, 0) is 49.6 Å². The second-order valence-electron chi connectivity index (χ2n) is 10.7. The molecule has 6 nitrogen and oxygen atoms in total. The van der Waals surface area contributed by atoms with Crippen molar-refractivity contribution in [3.8, 4) is 12.1 Å². The van der Waals surface area contributed by atoms with Crippen molar-refractivity contribution in [2.24, 2.45) is 5.41 Å². The first kappa shape index (κ1) is 25.0. The molecule has 1 spiro atoms. The summed E-state index contributed by atoms with van der Waals surface area (Å²) in [7, 11) is 0. The molecule has 5 rings (SSSR count). The van der Waals surface area contributed by atoms with Crippen LogP contribution in [0.3, 0.4) is 0 Å². The Morgan fingerprint density at radius 2 is 1.50 bits per heavy atom. The van der Waals surface area contributed by atoms with E-state index in [0.717, 1.165) is 5.56 Å². The van der Waals surface area contributed by atoms with Crippen LogP contribution in [-0.2, 0) is 26.3 Å². The van der Waals surface area contributed by atoms with Crippen molar-refractivity contribution >= 4 is 17.6 Å². The lowest BCUT2D eigenvalue weighted by Crippen LogP contribution is -2.52. The number of nitrogens with zero attached hydrogens (tertiary/aromatic N) is 3. The van der Waals surface area contributed by atoms with Gasteiger partial charge in [0.25, 0.3) is 0 Å². The summed E-state index contributed by atoms with van der Waals surface area (Å²) in [6, 6.07) is 30.3. The van der Waals surface area contributed by atoms with Crippen LogP contribution in [0.2, 0.25) is 0 Å². The number of carbonyl (C=O) groups is 2. The van der Waals surface area contributed by atoms with Gasteiger partial charge in [-0.1, -0.05) is 78.9 Å². The Labute approximate surface area is 222 Å². The summed E-state index contributed by atoms with van der Waals surface area (Å²) in [5.41, 5.74) is -1.58. The number of anilines is 1. The summed E-state index contributed by atoms with van der Waals surface area (Å²) in [5, 5.41) is 21.2. The summed E-state index contributed by atoms with van der Waals surface area (Å²) < 4.78 is 5.75. The van der Waals surface area contributed by atoms with E-state index >= 15 is 0 Å². The van der Waals surface area contributed by atoms with Crippen molar-refractivity contribution in [3.05, 3.63) is 113 Å². The van der Waals surface area contributed by atoms with E-state index in [9.17, 15) is 20.1 Å². The number of ether oxygens (including phenoxy) is 1. The Morgan fingerprint density at radius 1 is 0.921 bits per heavy atom. The van der Waals surface area contributed by atoms with Gasteiger partial charge in [0.1, 0.15) is 11.0 Å². The molecule has 1 amide bonds. The van der Waals surface area contributed by atoms with Crippen LogP contribution in [0.15, 0.2) is 96.6 Å². The average molecular weight is 502 g/mol. The summed E-state index contributed by atoms with van der Waals surface area (Å²) >= 11 is 0. The molecule has 0 saturated heterocycles. The Kier molecular flexibility index (Phi) is 5.93. The summed E-state index contributed by atoms with van der Waals surface area (Å²) in [6.07, 6.45) is 1.37. The molecule has 1 aliphatic carbocycles. The van der Waals surface area contributed by atoms with E-state index in [2.05, 4.69) is 12.1 Å². The zero-order valence-corrected chi connectivity index (χ0v) is 21.5. The van der Waals surface area contributed by atoms with E-state index in [-0.39, 0.29) is 12.1 Å². The molecule has 0 radical (unpaired) electrons. The molecule has 3 aromatic rings. The minimum absolute atomic E-state index is 0.138. The number of hydrogen-bond donors (Lipinski definition) is 0. The first-order chi connectivity index (χ1) is 18.2. The maximum atomic E-state index is 14.8. The molecule has 0 unspecified atom stereocenters. The third-order valence-corrected chi connectivity index (χ3v) is 7.24. The van der Waals surface area contributed by atoms with Gasteiger partial charge in [-0.25, -0.2) is 4.79 Å². The van der Waals surface area contributed by atoms with Crippen LogP contribution in [0.25, 0.3) is 0 Å². The van der Waals surface area contributed by atoms with Gasteiger partial charge >= 0.3 is 5.97 Å². The van der Waals surface area contributed by atoms with Crippen molar-refractivity contribution in [1.82, 2.24) is 0 Å². The average Bonchev–Trinajstić information content (AvgIpc) is 3.36. The highest BCUT2D eigenvalue weighted by Gasteiger charge is 2.72. The van der Waals surface area contributed by atoms with Crippen LogP contribution in [0.1, 0.15) is 43.4 Å². The molecule has 3 aromatic carbocycles. The maximum Gasteiger partial charge on any atom is 0.334 e. The van der Waals surface area contributed by atoms with Crippen LogP contribution in [0, 0.1) is 28.1 Å². The van der Waals surface area contributed by atoms with Gasteiger partial charge in [0, 0.05) is 17.2 Å². The third-order valence-electron chi connectivity index (χ3n) is 7.24.